The van der Waals surface area contributed by atoms with E-state index in [1.165, 1.54) is 48.5 Å². The lowest BCUT2D eigenvalue weighted by atomic mass is 10.2. The summed E-state index contributed by atoms with van der Waals surface area (Å²) < 4.78 is 19.7. The van der Waals surface area contributed by atoms with E-state index in [1.807, 2.05) is 0 Å². The molecule has 0 aliphatic heterocycles. The number of benzene rings is 2. The van der Waals surface area contributed by atoms with Crippen LogP contribution in [0.4, 0.5) is 4.79 Å². The minimum Gasteiger partial charge on any atom is -0.434 e. The summed E-state index contributed by atoms with van der Waals surface area (Å²) in [5, 5.41) is 0. The molecule has 0 fully saturated rings. The van der Waals surface area contributed by atoms with Crippen LogP contribution in [0.15, 0.2) is 61.2 Å². The van der Waals surface area contributed by atoms with Gasteiger partial charge in [0.2, 0.25) is 0 Å². The molecule has 7 nitrogen and oxygen atoms in total. The Kier molecular flexibility index (Phi) is 6.50. The zero-order valence-electron chi connectivity index (χ0n) is 14.0. The van der Waals surface area contributed by atoms with Crippen molar-refractivity contribution < 1.29 is 33.3 Å². The Bertz CT molecular complexity index is 792. The second-order valence-corrected chi connectivity index (χ2v) is 4.80. The van der Waals surface area contributed by atoms with Gasteiger partial charge in [0.15, 0.2) is 0 Å². The fourth-order valence-corrected chi connectivity index (χ4v) is 1.80. The Morgan fingerprint density at radius 2 is 1.35 bits per heavy atom. The average molecular weight is 356 g/mol. The van der Waals surface area contributed by atoms with Crippen molar-refractivity contribution in [3.8, 4) is 17.2 Å². The fraction of sp³-hybridized carbons (Fsp3) is 0.105. The lowest BCUT2D eigenvalue weighted by Crippen LogP contribution is -2.11. The molecule has 2 aromatic carbocycles. The van der Waals surface area contributed by atoms with Crippen molar-refractivity contribution in [1.82, 2.24) is 0 Å². The maximum atomic E-state index is 12.1. The van der Waals surface area contributed by atoms with Gasteiger partial charge in [0, 0.05) is 6.08 Å². The Balaban J connectivity index is 1.95. The summed E-state index contributed by atoms with van der Waals surface area (Å²) in [4.78, 5) is 34.4. The first-order chi connectivity index (χ1) is 12.5. The number of carbonyl (C=O) groups excluding carboxylic acids is 3. The lowest BCUT2D eigenvalue weighted by Gasteiger charge is -2.07. The molecule has 0 unspecified atom stereocenters. The van der Waals surface area contributed by atoms with Gasteiger partial charge in [-0.2, -0.15) is 0 Å². The summed E-state index contributed by atoms with van der Waals surface area (Å²) in [5.41, 5.74) is 0.267. The van der Waals surface area contributed by atoms with Gasteiger partial charge in [-0.15, -0.1) is 0 Å². The molecule has 26 heavy (non-hydrogen) atoms. The molecule has 0 amide bonds. The van der Waals surface area contributed by atoms with Crippen LogP contribution in [0, 0.1) is 0 Å². The van der Waals surface area contributed by atoms with Crippen molar-refractivity contribution in [2.75, 3.05) is 6.61 Å². The zero-order chi connectivity index (χ0) is 18.9. The summed E-state index contributed by atoms with van der Waals surface area (Å²) in [5.74, 6) is -0.354. The van der Waals surface area contributed by atoms with Crippen LogP contribution >= 0.6 is 0 Å². The topological polar surface area (TPSA) is 88.1 Å². The van der Waals surface area contributed by atoms with Crippen LogP contribution in [0.5, 0.6) is 17.2 Å². The van der Waals surface area contributed by atoms with Crippen molar-refractivity contribution in [3.05, 3.63) is 66.7 Å². The van der Waals surface area contributed by atoms with Gasteiger partial charge in [-0.05, 0) is 55.5 Å². The monoisotopic (exact) mass is 356 g/mol. The third kappa shape index (κ3) is 5.48. The van der Waals surface area contributed by atoms with E-state index in [0.717, 1.165) is 6.08 Å². The van der Waals surface area contributed by atoms with Gasteiger partial charge < -0.3 is 18.9 Å². The number of ether oxygens (including phenoxy) is 4. The molecule has 0 heterocycles. The number of esters is 2. The first-order valence-corrected chi connectivity index (χ1v) is 7.63. The average Bonchev–Trinajstić information content (AvgIpc) is 2.64. The Morgan fingerprint density at radius 3 is 1.88 bits per heavy atom. The maximum Gasteiger partial charge on any atom is 0.513 e. The quantitative estimate of drug-likeness (QED) is 0.338. The Morgan fingerprint density at radius 1 is 0.846 bits per heavy atom. The molecule has 2 aromatic rings. The highest BCUT2D eigenvalue weighted by Gasteiger charge is 2.11. The van der Waals surface area contributed by atoms with Gasteiger partial charge in [0.05, 0.1) is 12.2 Å². The summed E-state index contributed by atoms with van der Waals surface area (Å²) in [6, 6.07) is 11.8. The van der Waals surface area contributed by atoms with Crippen molar-refractivity contribution in [2.24, 2.45) is 0 Å². The number of carbonyl (C=O) groups is 3. The van der Waals surface area contributed by atoms with Crippen molar-refractivity contribution in [3.63, 3.8) is 0 Å². The Hall–Kier alpha value is -3.61. The molecule has 0 aliphatic rings. The molecule has 0 atom stereocenters. The van der Waals surface area contributed by atoms with E-state index in [1.54, 1.807) is 6.92 Å². The Labute approximate surface area is 149 Å². The van der Waals surface area contributed by atoms with E-state index in [4.69, 9.17) is 14.2 Å². The van der Waals surface area contributed by atoms with Crippen LogP contribution in [0.2, 0.25) is 0 Å². The maximum absolute atomic E-state index is 12.1. The first kappa shape index (κ1) is 18.7. The zero-order valence-corrected chi connectivity index (χ0v) is 14.0. The van der Waals surface area contributed by atoms with Gasteiger partial charge in [-0.1, -0.05) is 6.58 Å². The summed E-state index contributed by atoms with van der Waals surface area (Å²) >= 11 is 0. The summed E-state index contributed by atoms with van der Waals surface area (Å²) in [6.45, 7) is 5.17. The number of hydrogen-bond acceptors (Lipinski definition) is 7. The molecule has 0 aliphatic carbocycles. The molecule has 134 valence electrons. The molecule has 0 aromatic heterocycles. The van der Waals surface area contributed by atoms with E-state index in [-0.39, 0.29) is 23.7 Å². The minimum atomic E-state index is -0.819. The molecular formula is C19H16O7. The van der Waals surface area contributed by atoms with Crippen LogP contribution in [0.1, 0.15) is 17.3 Å². The van der Waals surface area contributed by atoms with E-state index in [0.29, 0.717) is 5.75 Å². The van der Waals surface area contributed by atoms with Crippen molar-refractivity contribution in [2.45, 2.75) is 6.92 Å². The number of hydrogen-bond donors (Lipinski definition) is 0. The predicted octanol–water partition coefficient (Wildman–Crippen LogP) is 3.53. The molecular weight excluding hydrogens is 340 g/mol. The van der Waals surface area contributed by atoms with Crippen LogP contribution in [-0.4, -0.2) is 24.7 Å². The lowest BCUT2D eigenvalue weighted by molar-refractivity contribution is -0.128. The standard InChI is InChI=1S/C19H16O7/c1-3-17(20)24-14-9-11-15(12-10-14)25-18(21)13-5-7-16(8-6-13)26-19(22)23-4-2/h3,5-12H,1,4H2,2H3. The minimum absolute atomic E-state index is 0.203. The van der Waals surface area contributed by atoms with Gasteiger partial charge in [-0.25, -0.2) is 14.4 Å². The second-order valence-electron chi connectivity index (χ2n) is 4.80. The SMILES string of the molecule is C=CC(=O)Oc1ccc(OC(=O)c2ccc(OC(=O)OCC)cc2)cc1. The van der Waals surface area contributed by atoms with Crippen LogP contribution in [0.3, 0.4) is 0 Å². The highest BCUT2D eigenvalue weighted by atomic mass is 16.7. The second kappa shape index (κ2) is 9.03. The fourth-order valence-electron chi connectivity index (χ4n) is 1.80. The summed E-state index contributed by atoms with van der Waals surface area (Å²) in [7, 11) is 0. The molecule has 0 N–H and O–H groups in total. The van der Waals surface area contributed by atoms with Gasteiger partial charge in [-0.3, -0.25) is 0 Å². The van der Waals surface area contributed by atoms with Crippen LogP contribution < -0.4 is 14.2 Å². The third-order valence-electron chi connectivity index (χ3n) is 2.97. The van der Waals surface area contributed by atoms with E-state index in [2.05, 4.69) is 11.3 Å². The molecule has 2 rings (SSSR count). The molecule has 0 bridgehead atoms. The van der Waals surface area contributed by atoms with Crippen LogP contribution in [0.25, 0.3) is 0 Å². The summed E-state index contributed by atoms with van der Waals surface area (Å²) in [6.07, 6.45) is 0.226. The molecule has 0 saturated carbocycles. The molecule has 0 spiro atoms. The van der Waals surface area contributed by atoms with E-state index < -0.39 is 18.1 Å². The highest BCUT2D eigenvalue weighted by Crippen LogP contribution is 2.20. The van der Waals surface area contributed by atoms with Gasteiger partial charge in [0.1, 0.15) is 17.2 Å². The molecule has 0 radical (unpaired) electrons. The van der Waals surface area contributed by atoms with Crippen molar-refractivity contribution >= 4 is 18.1 Å². The van der Waals surface area contributed by atoms with E-state index >= 15 is 0 Å². The molecule has 7 heteroatoms. The highest BCUT2D eigenvalue weighted by molar-refractivity contribution is 5.91. The first-order valence-electron chi connectivity index (χ1n) is 7.63. The third-order valence-corrected chi connectivity index (χ3v) is 2.97. The molecule has 0 saturated heterocycles. The van der Waals surface area contributed by atoms with E-state index in [9.17, 15) is 14.4 Å². The van der Waals surface area contributed by atoms with Crippen LogP contribution in [-0.2, 0) is 9.53 Å². The van der Waals surface area contributed by atoms with Gasteiger partial charge >= 0.3 is 18.1 Å². The normalized spacial score (nSPS) is 9.73. The smallest absolute Gasteiger partial charge is 0.434 e. The largest absolute Gasteiger partial charge is 0.513 e. The predicted molar refractivity (Wildman–Crippen MR) is 91.3 cm³/mol. The van der Waals surface area contributed by atoms with Crippen molar-refractivity contribution in [1.29, 1.82) is 0 Å². The van der Waals surface area contributed by atoms with Gasteiger partial charge in [0.25, 0.3) is 0 Å². The number of rotatable bonds is 6.